The molecule has 1 rings (SSSR count). The molecule has 0 fully saturated rings. The van der Waals surface area contributed by atoms with E-state index in [1.54, 1.807) is 20.8 Å². The maximum absolute atomic E-state index is 12.7. The van der Waals surface area contributed by atoms with Gasteiger partial charge in [-0.3, -0.25) is 0 Å². The Balaban J connectivity index is 3.46. The Morgan fingerprint density at radius 2 is 1.71 bits per heavy atom. The number of carboxylic acids is 1. The van der Waals surface area contributed by atoms with Crippen LogP contribution >= 0.6 is 0 Å². The van der Waals surface area contributed by atoms with E-state index >= 15 is 0 Å². The third kappa shape index (κ3) is 2.99. The van der Waals surface area contributed by atoms with Crippen molar-refractivity contribution in [2.24, 2.45) is 0 Å². The molecule has 0 atom stereocenters. The standard InChI is InChI=1S/C12H13F3O2/c1-11(2,3)7-4-5-8(10(16)17)9(6-7)12(13,14)15/h4-6H,1-3H3,(H,16,17). The first kappa shape index (κ1) is 13.5. The van der Waals surface area contributed by atoms with Crippen molar-refractivity contribution in [1.82, 2.24) is 0 Å². The van der Waals surface area contributed by atoms with Crippen LogP contribution in [-0.4, -0.2) is 11.1 Å². The lowest BCUT2D eigenvalue weighted by molar-refractivity contribution is -0.138. The van der Waals surface area contributed by atoms with Crippen molar-refractivity contribution in [1.29, 1.82) is 0 Å². The van der Waals surface area contributed by atoms with Gasteiger partial charge >= 0.3 is 12.1 Å². The highest BCUT2D eigenvalue weighted by Crippen LogP contribution is 2.35. The van der Waals surface area contributed by atoms with E-state index in [0.717, 1.165) is 12.1 Å². The van der Waals surface area contributed by atoms with Gasteiger partial charge in [-0.2, -0.15) is 13.2 Å². The van der Waals surface area contributed by atoms with Crippen LogP contribution in [0.4, 0.5) is 13.2 Å². The first-order valence-electron chi connectivity index (χ1n) is 4.98. The minimum Gasteiger partial charge on any atom is -0.478 e. The molecule has 0 spiro atoms. The third-order valence-electron chi connectivity index (χ3n) is 2.42. The van der Waals surface area contributed by atoms with Crippen molar-refractivity contribution in [3.63, 3.8) is 0 Å². The van der Waals surface area contributed by atoms with Crippen LogP contribution < -0.4 is 0 Å². The van der Waals surface area contributed by atoms with Crippen LogP contribution in [0.3, 0.4) is 0 Å². The molecule has 0 unspecified atom stereocenters. The first-order chi connectivity index (χ1) is 7.53. The second-order valence-electron chi connectivity index (χ2n) is 4.81. The summed E-state index contributed by atoms with van der Waals surface area (Å²) in [7, 11) is 0. The van der Waals surface area contributed by atoms with Gasteiger partial charge in [0.1, 0.15) is 0 Å². The molecule has 0 saturated heterocycles. The van der Waals surface area contributed by atoms with Crippen molar-refractivity contribution in [2.45, 2.75) is 32.4 Å². The van der Waals surface area contributed by atoms with Crippen LogP contribution in [0.25, 0.3) is 0 Å². The van der Waals surface area contributed by atoms with E-state index in [-0.39, 0.29) is 0 Å². The lowest BCUT2D eigenvalue weighted by Gasteiger charge is -2.21. The van der Waals surface area contributed by atoms with Gasteiger partial charge in [0.25, 0.3) is 0 Å². The first-order valence-corrected chi connectivity index (χ1v) is 4.98. The van der Waals surface area contributed by atoms with Gasteiger partial charge in [0, 0.05) is 0 Å². The molecule has 5 heteroatoms. The smallest absolute Gasteiger partial charge is 0.417 e. The zero-order valence-electron chi connectivity index (χ0n) is 9.72. The highest BCUT2D eigenvalue weighted by atomic mass is 19.4. The summed E-state index contributed by atoms with van der Waals surface area (Å²) < 4.78 is 38.1. The normalized spacial score (nSPS) is 12.6. The summed E-state index contributed by atoms with van der Waals surface area (Å²) >= 11 is 0. The fourth-order valence-corrected chi connectivity index (χ4v) is 1.43. The number of hydrogen-bond acceptors (Lipinski definition) is 1. The molecule has 0 aliphatic heterocycles. The van der Waals surface area contributed by atoms with Crippen LogP contribution in [0.1, 0.15) is 42.3 Å². The minimum absolute atomic E-state index is 0.454. The summed E-state index contributed by atoms with van der Waals surface area (Å²) in [6.07, 6.45) is -4.66. The molecular weight excluding hydrogens is 233 g/mol. The van der Waals surface area contributed by atoms with Crippen molar-refractivity contribution < 1.29 is 23.1 Å². The van der Waals surface area contributed by atoms with Crippen LogP contribution in [0.2, 0.25) is 0 Å². The molecule has 94 valence electrons. The number of carbonyl (C=O) groups is 1. The van der Waals surface area contributed by atoms with Gasteiger partial charge in [-0.05, 0) is 23.1 Å². The largest absolute Gasteiger partial charge is 0.478 e. The Labute approximate surface area is 97.1 Å². The summed E-state index contributed by atoms with van der Waals surface area (Å²) in [5.41, 5.74) is -1.82. The summed E-state index contributed by atoms with van der Waals surface area (Å²) in [4.78, 5) is 10.7. The van der Waals surface area contributed by atoms with Gasteiger partial charge in [0.2, 0.25) is 0 Å². The number of rotatable bonds is 1. The maximum atomic E-state index is 12.7. The van der Waals surface area contributed by atoms with Crippen LogP contribution in [-0.2, 0) is 11.6 Å². The molecule has 2 nitrogen and oxygen atoms in total. The number of halogens is 3. The maximum Gasteiger partial charge on any atom is 0.417 e. The summed E-state index contributed by atoms with van der Waals surface area (Å²) in [5, 5.41) is 8.72. The van der Waals surface area contributed by atoms with Gasteiger partial charge in [-0.25, -0.2) is 4.79 Å². The zero-order valence-corrected chi connectivity index (χ0v) is 9.72. The Kier molecular flexibility index (Phi) is 3.23. The number of alkyl halides is 3. The van der Waals surface area contributed by atoms with Crippen molar-refractivity contribution in [2.75, 3.05) is 0 Å². The molecule has 1 aromatic rings. The zero-order chi connectivity index (χ0) is 13.4. The SMILES string of the molecule is CC(C)(C)c1ccc(C(=O)O)c(C(F)(F)F)c1. The van der Waals surface area contributed by atoms with Gasteiger partial charge < -0.3 is 5.11 Å². The minimum atomic E-state index is -4.66. The fourth-order valence-electron chi connectivity index (χ4n) is 1.43. The molecule has 0 aliphatic carbocycles. The van der Waals surface area contributed by atoms with Gasteiger partial charge in [0.05, 0.1) is 11.1 Å². The average Bonchev–Trinajstić information content (AvgIpc) is 2.14. The second-order valence-corrected chi connectivity index (χ2v) is 4.81. The lowest BCUT2D eigenvalue weighted by atomic mass is 9.85. The van der Waals surface area contributed by atoms with E-state index in [2.05, 4.69) is 0 Å². The monoisotopic (exact) mass is 246 g/mol. The predicted octanol–water partition coefficient (Wildman–Crippen LogP) is 3.70. The summed E-state index contributed by atoms with van der Waals surface area (Å²) in [6.45, 7) is 5.30. The number of aromatic carboxylic acids is 1. The number of hydrogen-bond donors (Lipinski definition) is 1. The Bertz CT molecular complexity index is 442. The van der Waals surface area contributed by atoms with Gasteiger partial charge in [0.15, 0.2) is 0 Å². The highest BCUT2D eigenvalue weighted by molar-refractivity contribution is 5.89. The number of benzene rings is 1. The third-order valence-corrected chi connectivity index (χ3v) is 2.42. The van der Waals surface area contributed by atoms with Crippen LogP contribution in [0.5, 0.6) is 0 Å². The van der Waals surface area contributed by atoms with Gasteiger partial charge in [-0.1, -0.05) is 26.8 Å². The quantitative estimate of drug-likeness (QED) is 0.820. The van der Waals surface area contributed by atoms with E-state index in [0.29, 0.717) is 5.56 Å². The Morgan fingerprint density at radius 1 is 1.18 bits per heavy atom. The van der Waals surface area contributed by atoms with Crippen molar-refractivity contribution in [3.8, 4) is 0 Å². The molecule has 0 heterocycles. The molecule has 0 bridgehead atoms. The predicted molar refractivity (Wildman–Crippen MR) is 57.1 cm³/mol. The summed E-state index contributed by atoms with van der Waals surface area (Å²) in [6, 6.07) is 3.33. The van der Waals surface area contributed by atoms with E-state index in [1.165, 1.54) is 6.07 Å². The van der Waals surface area contributed by atoms with E-state index in [1.807, 2.05) is 0 Å². The van der Waals surface area contributed by atoms with E-state index < -0.39 is 28.7 Å². The molecule has 0 aliphatic rings. The van der Waals surface area contributed by atoms with Crippen molar-refractivity contribution in [3.05, 3.63) is 34.9 Å². The van der Waals surface area contributed by atoms with E-state index in [4.69, 9.17) is 5.11 Å². The molecular formula is C12H13F3O2. The average molecular weight is 246 g/mol. The van der Waals surface area contributed by atoms with Crippen LogP contribution in [0, 0.1) is 0 Å². The second kappa shape index (κ2) is 4.05. The summed E-state index contributed by atoms with van der Waals surface area (Å²) in [5.74, 6) is -1.57. The van der Waals surface area contributed by atoms with Gasteiger partial charge in [-0.15, -0.1) is 0 Å². The molecule has 0 radical (unpaired) electrons. The number of carboxylic acid groups (broad SMARTS) is 1. The topological polar surface area (TPSA) is 37.3 Å². The Hall–Kier alpha value is -1.52. The molecule has 0 aromatic heterocycles. The molecule has 1 N–H and O–H groups in total. The Morgan fingerprint density at radius 3 is 2.06 bits per heavy atom. The fraction of sp³-hybridized carbons (Fsp3) is 0.417. The van der Waals surface area contributed by atoms with E-state index in [9.17, 15) is 18.0 Å². The molecule has 17 heavy (non-hydrogen) atoms. The highest BCUT2D eigenvalue weighted by Gasteiger charge is 2.36. The van der Waals surface area contributed by atoms with Crippen molar-refractivity contribution >= 4 is 5.97 Å². The lowest BCUT2D eigenvalue weighted by Crippen LogP contribution is -2.17. The van der Waals surface area contributed by atoms with Crippen LogP contribution in [0.15, 0.2) is 18.2 Å². The molecule has 0 saturated carbocycles. The molecule has 1 aromatic carbocycles. The molecule has 0 amide bonds.